The Hall–Kier alpha value is -1.03. The molecule has 0 rings (SSSR count). The molecule has 0 aliphatic heterocycles. The van der Waals surface area contributed by atoms with E-state index >= 15 is 0 Å². The van der Waals surface area contributed by atoms with Gasteiger partial charge in [0.2, 0.25) is 0 Å². The van der Waals surface area contributed by atoms with Crippen molar-refractivity contribution in [1.29, 1.82) is 0 Å². The number of aliphatic hydroxyl groups excluding tert-OH is 1. The van der Waals surface area contributed by atoms with E-state index in [9.17, 15) is 4.79 Å². The molecular formula is C10H20NO3+. The average molecular weight is 202 g/mol. The third kappa shape index (κ3) is 6.48. The van der Waals surface area contributed by atoms with Crippen LogP contribution in [0.4, 0.5) is 0 Å². The molecule has 0 spiro atoms. The molecule has 0 aliphatic carbocycles. The van der Waals surface area contributed by atoms with Gasteiger partial charge < -0.3 is 14.3 Å². The molecule has 0 aliphatic rings. The highest BCUT2D eigenvalue weighted by molar-refractivity contribution is 5.85. The van der Waals surface area contributed by atoms with Crippen molar-refractivity contribution in [3.63, 3.8) is 0 Å². The van der Waals surface area contributed by atoms with Gasteiger partial charge in [-0.2, -0.15) is 0 Å². The minimum atomic E-state index is -0.645. The number of nitrogens with zero attached hydrogens (tertiary/aromatic N) is 1. The van der Waals surface area contributed by atoms with Gasteiger partial charge in [0.05, 0.1) is 34.3 Å². The minimum Gasteiger partial charge on any atom is -0.502 e. The Morgan fingerprint density at radius 2 is 2.00 bits per heavy atom. The summed E-state index contributed by atoms with van der Waals surface area (Å²) in [6.45, 7) is 2.87. The second kappa shape index (κ2) is 5.65. The van der Waals surface area contributed by atoms with Gasteiger partial charge in [-0.1, -0.05) is 0 Å². The molecule has 0 atom stereocenters. The summed E-state index contributed by atoms with van der Waals surface area (Å²) in [6, 6.07) is 0. The Kier molecular flexibility index (Phi) is 5.23. The van der Waals surface area contributed by atoms with Gasteiger partial charge in [0, 0.05) is 6.42 Å². The minimum absolute atomic E-state index is 0.324. The lowest BCUT2D eigenvalue weighted by Gasteiger charge is -2.23. The van der Waals surface area contributed by atoms with E-state index in [1.807, 2.05) is 0 Å². The van der Waals surface area contributed by atoms with Crippen LogP contribution in [0.5, 0.6) is 0 Å². The SMILES string of the molecule is C/C=C(/O)C(=O)OCCC[N+](C)(C)C. The summed E-state index contributed by atoms with van der Waals surface area (Å²) in [4.78, 5) is 11.0. The van der Waals surface area contributed by atoms with Gasteiger partial charge in [0.25, 0.3) is 0 Å². The van der Waals surface area contributed by atoms with Crippen LogP contribution in [-0.4, -0.2) is 49.9 Å². The molecule has 0 fully saturated rings. The first-order valence-electron chi connectivity index (χ1n) is 4.69. The number of ether oxygens (including phenoxy) is 1. The van der Waals surface area contributed by atoms with E-state index < -0.39 is 5.97 Å². The Morgan fingerprint density at radius 1 is 1.43 bits per heavy atom. The van der Waals surface area contributed by atoms with Crippen molar-refractivity contribution in [2.75, 3.05) is 34.3 Å². The molecule has 4 nitrogen and oxygen atoms in total. The van der Waals surface area contributed by atoms with Crippen LogP contribution in [0.15, 0.2) is 11.8 Å². The van der Waals surface area contributed by atoms with Crippen LogP contribution in [-0.2, 0) is 9.53 Å². The molecule has 4 heteroatoms. The normalized spacial score (nSPS) is 12.7. The molecule has 0 aromatic carbocycles. The lowest BCUT2D eigenvalue weighted by atomic mass is 10.4. The molecule has 0 amide bonds. The van der Waals surface area contributed by atoms with E-state index in [2.05, 4.69) is 21.1 Å². The van der Waals surface area contributed by atoms with Crippen molar-refractivity contribution in [3.8, 4) is 0 Å². The number of quaternary nitrogens is 1. The van der Waals surface area contributed by atoms with Crippen LogP contribution >= 0.6 is 0 Å². The van der Waals surface area contributed by atoms with E-state index in [1.54, 1.807) is 6.92 Å². The molecular weight excluding hydrogens is 182 g/mol. The van der Waals surface area contributed by atoms with Crippen molar-refractivity contribution in [3.05, 3.63) is 11.8 Å². The fourth-order valence-corrected chi connectivity index (χ4v) is 0.896. The summed E-state index contributed by atoms with van der Waals surface area (Å²) in [5.41, 5.74) is 0. The first-order valence-corrected chi connectivity index (χ1v) is 4.69. The zero-order chi connectivity index (χ0) is 11.2. The smallest absolute Gasteiger partial charge is 0.373 e. The van der Waals surface area contributed by atoms with Gasteiger partial charge in [-0.05, 0) is 13.0 Å². The monoisotopic (exact) mass is 202 g/mol. The Morgan fingerprint density at radius 3 is 2.43 bits per heavy atom. The highest BCUT2D eigenvalue weighted by Crippen LogP contribution is 1.97. The zero-order valence-corrected chi connectivity index (χ0v) is 9.41. The fraction of sp³-hybridized carbons (Fsp3) is 0.700. The van der Waals surface area contributed by atoms with Crippen LogP contribution in [0, 0.1) is 0 Å². The van der Waals surface area contributed by atoms with E-state index in [0.29, 0.717) is 6.61 Å². The predicted octanol–water partition coefficient (Wildman–Crippen LogP) is 1.09. The summed E-state index contributed by atoms with van der Waals surface area (Å²) in [7, 11) is 6.22. The number of carbonyl (C=O) groups excluding carboxylic acids is 1. The van der Waals surface area contributed by atoms with Gasteiger partial charge in [-0.25, -0.2) is 4.79 Å². The predicted molar refractivity (Wildman–Crippen MR) is 54.9 cm³/mol. The van der Waals surface area contributed by atoms with Gasteiger partial charge in [-0.3, -0.25) is 0 Å². The number of carbonyl (C=O) groups is 1. The van der Waals surface area contributed by atoms with E-state index in [1.165, 1.54) is 6.08 Å². The van der Waals surface area contributed by atoms with E-state index in [4.69, 9.17) is 9.84 Å². The molecule has 82 valence electrons. The highest BCUT2D eigenvalue weighted by Gasteiger charge is 2.09. The van der Waals surface area contributed by atoms with Crippen molar-refractivity contribution in [1.82, 2.24) is 0 Å². The van der Waals surface area contributed by atoms with E-state index in [-0.39, 0.29) is 5.76 Å². The van der Waals surface area contributed by atoms with Gasteiger partial charge >= 0.3 is 5.97 Å². The summed E-state index contributed by atoms with van der Waals surface area (Å²) in [5, 5.41) is 8.97. The molecule has 0 aromatic rings. The molecule has 0 saturated carbocycles. The van der Waals surface area contributed by atoms with Gasteiger partial charge in [0.15, 0.2) is 5.76 Å². The van der Waals surface area contributed by atoms with Crippen molar-refractivity contribution >= 4 is 5.97 Å². The van der Waals surface area contributed by atoms with Crippen LogP contribution in [0.2, 0.25) is 0 Å². The molecule has 1 N–H and O–H groups in total. The van der Waals surface area contributed by atoms with Crippen molar-refractivity contribution < 1.29 is 19.1 Å². The van der Waals surface area contributed by atoms with Crippen LogP contribution in [0.3, 0.4) is 0 Å². The molecule has 0 saturated heterocycles. The van der Waals surface area contributed by atoms with Gasteiger partial charge in [0.1, 0.15) is 0 Å². The van der Waals surface area contributed by atoms with Crippen molar-refractivity contribution in [2.45, 2.75) is 13.3 Å². The maximum atomic E-state index is 11.0. The molecule has 0 aromatic heterocycles. The molecule has 14 heavy (non-hydrogen) atoms. The summed E-state index contributed by atoms with van der Waals surface area (Å²) < 4.78 is 5.66. The summed E-state index contributed by atoms with van der Waals surface area (Å²) >= 11 is 0. The quantitative estimate of drug-likeness (QED) is 0.239. The second-order valence-corrected chi connectivity index (χ2v) is 4.18. The lowest BCUT2D eigenvalue weighted by Crippen LogP contribution is -2.35. The number of hydrogen-bond acceptors (Lipinski definition) is 3. The lowest BCUT2D eigenvalue weighted by molar-refractivity contribution is -0.870. The van der Waals surface area contributed by atoms with E-state index in [0.717, 1.165) is 17.4 Å². The number of allylic oxidation sites excluding steroid dienone is 1. The summed E-state index contributed by atoms with van der Waals surface area (Å²) in [5.74, 6) is -0.968. The Labute approximate surface area is 85.4 Å². The number of rotatable bonds is 5. The standard InChI is InChI=1S/C10H19NO3/c1-5-9(12)10(13)14-8-6-7-11(2,3)4/h5H,6-8H2,1-4H3/p+1/b9-5+. The first kappa shape index (κ1) is 13.0. The molecule has 0 heterocycles. The third-order valence-electron chi connectivity index (χ3n) is 1.69. The average Bonchev–Trinajstić information content (AvgIpc) is 2.09. The molecule has 0 unspecified atom stereocenters. The maximum absolute atomic E-state index is 11.0. The highest BCUT2D eigenvalue weighted by atomic mass is 16.5. The van der Waals surface area contributed by atoms with Crippen LogP contribution in [0.25, 0.3) is 0 Å². The van der Waals surface area contributed by atoms with Crippen LogP contribution < -0.4 is 0 Å². The molecule has 0 bridgehead atoms. The maximum Gasteiger partial charge on any atom is 0.373 e. The summed E-state index contributed by atoms with van der Waals surface area (Å²) in [6.07, 6.45) is 2.12. The number of esters is 1. The van der Waals surface area contributed by atoms with Gasteiger partial charge in [-0.15, -0.1) is 0 Å². The largest absolute Gasteiger partial charge is 0.502 e. The fourth-order valence-electron chi connectivity index (χ4n) is 0.896. The number of hydrogen-bond donors (Lipinski definition) is 1. The Balaban J connectivity index is 3.61. The molecule has 0 radical (unpaired) electrons. The van der Waals surface area contributed by atoms with Crippen LogP contribution in [0.1, 0.15) is 13.3 Å². The Bertz CT molecular complexity index is 216. The third-order valence-corrected chi connectivity index (χ3v) is 1.69. The second-order valence-electron chi connectivity index (χ2n) is 4.18. The first-order chi connectivity index (χ1) is 6.37. The topological polar surface area (TPSA) is 46.5 Å². The number of aliphatic hydroxyl groups is 1. The van der Waals surface area contributed by atoms with Crippen molar-refractivity contribution in [2.24, 2.45) is 0 Å². The zero-order valence-electron chi connectivity index (χ0n) is 9.41.